The van der Waals surface area contributed by atoms with Crippen LogP contribution in [0.1, 0.15) is 5.56 Å². The maximum atomic E-state index is 13.0. The molecule has 0 aliphatic heterocycles. The number of carbonyl (C=O) groups excluding carboxylic acids is 1. The molecular weight excluding hydrogens is 225 g/mol. The Morgan fingerprint density at radius 1 is 1.65 bits per heavy atom. The normalized spacial score (nSPS) is 9.53. The quantitative estimate of drug-likeness (QED) is 0.828. The van der Waals surface area contributed by atoms with Crippen molar-refractivity contribution in [3.05, 3.63) is 29.6 Å². The van der Waals surface area contributed by atoms with Crippen LogP contribution in [-0.2, 0) is 0 Å². The van der Waals surface area contributed by atoms with Crippen molar-refractivity contribution < 1.29 is 14.3 Å². The van der Waals surface area contributed by atoms with E-state index in [1.807, 2.05) is 0 Å². The molecule has 5 nitrogen and oxygen atoms in total. The number of nitriles is 1. The Morgan fingerprint density at radius 3 is 2.94 bits per heavy atom. The van der Waals surface area contributed by atoms with Crippen LogP contribution in [0.5, 0.6) is 0 Å². The Hall–Kier alpha value is -2.13. The summed E-state index contributed by atoms with van der Waals surface area (Å²) in [7, 11) is 1.51. The average molecular weight is 237 g/mol. The molecule has 90 valence electrons. The molecule has 0 heterocycles. The third kappa shape index (κ3) is 3.43. The third-order valence-electron chi connectivity index (χ3n) is 2.12. The van der Waals surface area contributed by atoms with Crippen LogP contribution in [0.3, 0.4) is 0 Å². The zero-order valence-corrected chi connectivity index (χ0v) is 9.27. The van der Waals surface area contributed by atoms with E-state index in [0.29, 0.717) is 5.69 Å². The first-order valence-electron chi connectivity index (χ1n) is 4.91. The van der Waals surface area contributed by atoms with Gasteiger partial charge in [-0.2, -0.15) is 5.26 Å². The van der Waals surface area contributed by atoms with E-state index >= 15 is 0 Å². The summed E-state index contributed by atoms with van der Waals surface area (Å²) in [4.78, 5) is 12.8. The summed E-state index contributed by atoms with van der Waals surface area (Å²) in [5.74, 6) is -0.630. The van der Waals surface area contributed by atoms with Crippen molar-refractivity contribution in [2.24, 2.45) is 0 Å². The molecule has 0 aliphatic carbocycles. The minimum absolute atomic E-state index is 0.132. The van der Waals surface area contributed by atoms with E-state index in [0.717, 1.165) is 6.07 Å². The van der Waals surface area contributed by atoms with Crippen LogP contribution in [0.15, 0.2) is 18.2 Å². The molecule has 0 fully saturated rings. The second-order valence-electron chi connectivity index (χ2n) is 3.38. The highest BCUT2D eigenvalue weighted by Gasteiger charge is 2.09. The van der Waals surface area contributed by atoms with Gasteiger partial charge in [0.15, 0.2) is 0 Å². The molecule has 1 aromatic rings. The third-order valence-corrected chi connectivity index (χ3v) is 2.12. The zero-order chi connectivity index (χ0) is 12.8. The van der Waals surface area contributed by atoms with Crippen LogP contribution < -0.4 is 5.32 Å². The molecule has 1 rings (SSSR count). The topological polar surface area (TPSA) is 76.4 Å². The van der Waals surface area contributed by atoms with E-state index in [4.69, 9.17) is 10.4 Å². The maximum Gasteiger partial charge on any atom is 0.321 e. The molecule has 0 aliphatic rings. The van der Waals surface area contributed by atoms with Crippen LogP contribution >= 0.6 is 0 Å². The number of hydrogen-bond donors (Lipinski definition) is 2. The van der Waals surface area contributed by atoms with E-state index in [9.17, 15) is 9.18 Å². The van der Waals surface area contributed by atoms with Crippen LogP contribution in [0.4, 0.5) is 14.9 Å². The number of aliphatic hydroxyl groups excluding tert-OH is 1. The Bertz CT molecular complexity index is 457. The summed E-state index contributed by atoms with van der Waals surface area (Å²) in [5.41, 5.74) is 0.199. The first-order chi connectivity index (χ1) is 8.08. The molecular formula is C11H12FN3O2. The Kier molecular flexibility index (Phi) is 4.43. The summed E-state index contributed by atoms with van der Waals surface area (Å²) in [6.45, 7) is 0.0505. The summed E-state index contributed by atoms with van der Waals surface area (Å²) in [6, 6.07) is 4.97. The molecule has 0 bridgehead atoms. The minimum Gasteiger partial charge on any atom is -0.395 e. The Balaban J connectivity index is 2.76. The number of nitrogens with zero attached hydrogens (tertiary/aromatic N) is 2. The first-order valence-corrected chi connectivity index (χ1v) is 4.91. The van der Waals surface area contributed by atoms with Gasteiger partial charge in [0.05, 0.1) is 12.2 Å². The number of nitrogens with one attached hydrogen (secondary N) is 1. The maximum absolute atomic E-state index is 13.0. The predicted octanol–water partition coefficient (Wildman–Crippen LogP) is 1.15. The molecule has 0 unspecified atom stereocenters. The van der Waals surface area contributed by atoms with Gasteiger partial charge in [-0.15, -0.1) is 0 Å². The number of urea groups is 1. The number of hydrogen-bond acceptors (Lipinski definition) is 3. The second-order valence-corrected chi connectivity index (χ2v) is 3.38. The van der Waals surface area contributed by atoms with Gasteiger partial charge in [-0.3, -0.25) is 0 Å². The number of likely N-dealkylation sites (N-methyl/N-ethyl adjacent to an activating group) is 1. The number of amides is 2. The van der Waals surface area contributed by atoms with Crippen molar-refractivity contribution in [3.8, 4) is 6.07 Å². The number of rotatable bonds is 3. The molecule has 1 aromatic carbocycles. The molecule has 0 saturated heterocycles. The Labute approximate surface area is 98.1 Å². The van der Waals surface area contributed by atoms with Gasteiger partial charge in [-0.1, -0.05) is 0 Å². The minimum atomic E-state index is -0.630. The smallest absolute Gasteiger partial charge is 0.321 e. The van der Waals surface area contributed by atoms with Crippen LogP contribution in [0, 0.1) is 17.1 Å². The van der Waals surface area contributed by atoms with Gasteiger partial charge in [0.1, 0.15) is 11.9 Å². The summed E-state index contributed by atoms with van der Waals surface area (Å²) >= 11 is 0. The number of aliphatic hydroxyl groups is 1. The van der Waals surface area contributed by atoms with Crippen molar-refractivity contribution in [1.82, 2.24) is 4.90 Å². The highest BCUT2D eigenvalue weighted by molar-refractivity contribution is 5.89. The number of anilines is 1. The van der Waals surface area contributed by atoms with E-state index in [1.54, 1.807) is 6.07 Å². The first kappa shape index (κ1) is 12.9. The molecule has 0 atom stereocenters. The van der Waals surface area contributed by atoms with Crippen molar-refractivity contribution in [2.45, 2.75) is 0 Å². The Morgan fingerprint density at radius 2 is 2.35 bits per heavy atom. The molecule has 0 radical (unpaired) electrons. The van der Waals surface area contributed by atoms with E-state index in [1.165, 1.54) is 24.1 Å². The van der Waals surface area contributed by atoms with Gasteiger partial charge in [0.2, 0.25) is 0 Å². The van der Waals surface area contributed by atoms with E-state index in [2.05, 4.69) is 5.32 Å². The van der Waals surface area contributed by atoms with Crippen LogP contribution in [-0.4, -0.2) is 36.2 Å². The van der Waals surface area contributed by atoms with Crippen molar-refractivity contribution >= 4 is 11.7 Å². The lowest BCUT2D eigenvalue weighted by Gasteiger charge is -2.16. The molecule has 6 heteroatoms. The second kappa shape index (κ2) is 5.82. The fraction of sp³-hybridized carbons (Fsp3) is 0.273. The van der Waals surface area contributed by atoms with Crippen LogP contribution in [0.25, 0.3) is 0 Å². The summed E-state index contributed by atoms with van der Waals surface area (Å²) < 4.78 is 13.0. The highest BCUT2D eigenvalue weighted by Crippen LogP contribution is 2.14. The monoisotopic (exact) mass is 237 g/mol. The fourth-order valence-electron chi connectivity index (χ4n) is 1.16. The van der Waals surface area contributed by atoms with Crippen LogP contribution in [0.2, 0.25) is 0 Å². The lowest BCUT2D eigenvalue weighted by molar-refractivity contribution is 0.202. The van der Waals surface area contributed by atoms with Gasteiger partial charge in [0.25, 0.3) is 0 Å². The average Bonchev–Trinajstić information content (AvgIpc) is 2.31. The predicted molar refractivity (Wildman–Crippen MR) is 59.8 cm³/mol. The number of benzene rings is 1. The number of carbonyl (C=O) groups is 1. The highest BCUT2D eigenvalue weighted by atomic mass is 19.1. The molecule has 17 heavy (non-hydrogen) atoms. The largest absolute Gasteiger partial charge is 0.395 e. The van der Waals surface area contributed by atoms with Gasteiger partial charge < -0.3 is 15.3 Å². The molecule has 0 saturated carbocycles. The summed E-state index contributed by atoms with van der Waals surface area (Å²) in [5, 5.41) is 19.8. The fourth-order valence-corrected chi connectivity index (χ4v) is 1.16. The lowest BCUT2D eigenvalue weighted by atomic mass is 10.2. The van der Waals surface area contributed by atoms with Crippen molar-refractivity contribution in [2.75, 3.05) is 25.5 Å². The standard InChI is InChI=1S/C11H12FN3O2/c1-15(4-5-16)11(17)14-9-2-3-10(12)8(6-9)7-13/h2-3,6,16H,4-5H2,1H3,(H,14,17). The molecule has 2 amide bonds. The molecule has 0 spiro atoms. The summed E-state index contributed by atoms with van der Waals surface area (Å²) in [6.07, 6.45) is 0. The molecule has 0 aromatic heterocycles. The van der Waals surface area contributed by atoms with Gasteiger partial charge in [0, 0.05) is 19.3 Å². The van der Waals surface area contributed by atoms with Gasteiger partial charge in [-0.25, -0.2) is 9.18 Å². The lowest BCUT2D eigenvalue weighted by Crippen LogP contribution is -2.33. The van der Waals surface area contributed by atoms with Gasteiger partial charge >= 0.3 is 6.03 Å². The molecule has 2 N–H and O–H groups in total. The van der Waals surface area contributed by atoms with Gasteiger partial charge in [-0.05, 0) is 18.2 Å². The number of halogens is 1. The van der Waals surface area contributed by atoms with E-state index in [-0.39, 0.29) is 18.7 Å². The van der Waals surface area contributed by atoms with Crippen molar-refractivity contribution in [1.29, 1.82) is 5.26 Å². The SMILES string of the molecule is CN(CCO)C(=O)Nc1ccc(F)c(C#N)c1. The van der Waals surface area contributed by atoms with E-state index < -0.39 is 11.8 Å². The zero-order valence-electron chi connectivity index (χ0n) is 9.27. The van der Waals surface area contributed by atoms with Crippen molar-refractivity contribution in [3.63, 3.8) is 0 Å².